The highest BCUT2D eigenvalue weighted by Crippen LogP contribution is 2.41. The van der Waals surface area contributed by atoms with Crippen LogP contribution in [0.5, 0.6) is 11.5 Å². The molecule has 5 aromatic rings. The number of halogens is 1. The van der Waals surface area contributed by atoms with Crippen LogP contribution in [-0.2, 0) is 6.42 Å². The summed E-state index contributed by atoms with van der Waals surface area (Å²) >= 11 is 4.64. The summed E-state index contributed by atoms with van der Waals surface area (Å²) in [5, 5.41) is 13.6. The lowest BCUT2D eigenvalue weighted by Crippen LogP contribution is -2.28. The van der Waals surface area contributed by atoms with Crippen LogP contribution in [0.3, 0.4) is 0 Å². The SMILES string of the molecule is CCl.Cc1cccc2c(O)cc3c(c12)CCN3C(=O)c1ccc2[nH]c(-c3ccc(OCCN(C)C)cc3)cc2c1. The van der Waals surface area contributed by atoms with E-state index in [9.17, 15) is 9.90 Å². The average molecular weight is 556 g/mol. The van der Waals surface area contributed by atoms with Gasteiger partial charge in [-0.1, -0.05) is 18.2 Å². The van der Waals surface area contributed by atoms with Crippen molar-refractivity contribution in [3.05, 3.63) is 89.5 Å². The van der Waals surface area contributed by atoms with Crippen LogP contribution in [0.25, 0.3) is 32.9 Å². The lowest BCUT2D eigenvalue weighted by Gasteiger charge is -2.19. The van der Waals surface area contributed by atoms with Gasteiger partial charge in [-0.05, 0) is 98.0 Å². The average Bonchev–Trinajstić information content (AvgIpc) is 3.58. The number of carbonyl (C=O) groups excluding carboxylic acids is 1. The van der Waals surface area contributed by atoms with E-state index in [0.717, 1.165) is 68.5 Å². The van der Waals surface area contributed by atoms with Gasteiger partial charge in [-0.2, -0.15) is 0 Å². The van der Waals surface area contributed by atoms with Gasteiger partial charge in [0.2, 0.25) is 0 Å². The van der Waals surface area contributed by atoms with Crippen LogP contribution in [0.1, 0.15) is 21.5 Å². The number of hydrogen-bond donors (Lipinski definition) is 2. The zero-order chi connectivity index (χ0) is 28.4. The Hall–Kier alpha value is -4.00. The number of benzene rings is 4. The molecule has 4 aromatic carbocycles. The highest BCUT2D eigenvalue weighted by atomic mass is 35.5. The number of hydrogen-bond acceptors (Lipinski definition) is 4. The van der Waals surface area contributed by atoms with Crippen molar-refractivity contribution in [1.29, 1.82) is 0 Å². The minimum absolute atomic E-state index is 0.0556. The molecule has 7 heteroatoms. The van der Waals surface area contributed by atoms with Crippen LogP contribution in [0.15, 0.2) is 72.8 Å². The maximum absolute atomic E-state index is 13.6. The summed E-state index contributed by atoms with van der Waals surface area (Å²) in [7, 11) is 4.05. The number of alkyl halides is 1. The third-order valence-corrected chi connectivity index (χ3v) is 7.39. The molecule has 6 rings (SSSR count). The van der Waals surface area contributed by atoms with Gasteiger partial charge in [-0.3, -0.25) is 4.79 Å². The molecule has 0 aliphatic carbocycles. The van der Waals surface area contributed by atoms with Gasteiger partial charge in [0, 0.05) is 53.1 Å². The Balaban J connectivity index is 0.00000158. The molecule has 1 aliphatic rings. The highest BCUT2D eigenvalue weighted by molar-refractivity contribution is 6.15. The summed E-state index contributed by atoms with van der Waals surface area (Å²) < 4.78 is 5.81. The van der Waals surface area contributed by atoms with Gasteiger partial charge in [0.1, 0.15) is 18.1 Å². The number of rotatable bonds is 6. The molecule has 1 aromatic heterocycles. The third-order valence-electron chi connectivity index (χ3n) is 7.39. The number of nitrogens with zero attached hydrogens (tertiary/aromatic N) is 2. The number of anilines is 1. The van der Waals surface area contributed by atoms with E-state index < -0.39 is 0 Å². The number of phenolic OH excluding ortho intramolecular Hbond substituents is 1. The molecule has 0 unspecified atom stereocenters. The fourth-order valence-electron chi connectivity index (χ4n) is 5.41. The maximum atomic E-state index is 13.6. The van der Waals surface area contributed by atoms with Crippen LogP contribution in [0.2, 0.25) is 0 Å². The second-order valence-electron chi connectivity index (χ2n) is 10.3. The van der Waals surface area contributed by atoms with E-state index in [1.54, 1.807) is 11.0 Å². The minimum Gasteiger partial charge on any atom is -0.507 e. The Bertz CT molecular complexity index is 1670. The summed E-state index contributed by atoms with van der Waals surface area (Å²) in [4.78, 5) is 21.0. The van der Waals surface area contributed by atoms with Crippen LogP contribution in [0.4, 0.5) is 5.69 Å². The number of nitrogens with one attached hydrogen (secondary N) is 1. The number of aromatic hydroxyl groups is 1. The zero-order valence-electron chi connectivity index (χ0n) is 23.3. The Labute approximate surface area is 239 Å². The van der Waals surface area contributed by atoms with Gasteiger partial charge in [0.25, 0.3) is 5.91 Å². The summed E-state index contributed by atoms with van der Waals surface area (Å²) in [6.45, 7) is 4.16. The lowest BCUT2D eigenvalue weighted by molar-refractivity contribution is 0.0989. The Morgan fingerprint density at radius 1 is 1.05 bits per heavy atom. The van der Waals surface area contributed by atoms with Gasteiger partial charge in [0.05, 0.1) is 5.69 Å². The van der Waals surface area contributed by atoms with Crippen LogP contribution in [-0.4, -0.2) is 61.1 Å². The standard InChI is InChI=1S/C32H31N3O3.CH3Cl/c1-20-5-4-6-26-30(36)19-29-25(31(20)26)13-14-35(29)32(37)22-9-12-27-23(17-22)18-28(33-27)21-7-10-24(11-8-21)38-16-15-34(2)3;1-2/h4-12,17-19,33,36H,13-16H2,1-3H3;1H3. The van der Waals surface area contributed by atoms with Crippen molar-refractivity contribution >= 4 is 44.9 Å². The number of H-pyrrole nitrogens is 1. The molecule has 0 spiro atoms. The largest absolute Gasteiger partial charge is 0.507 e. The number of phenols is 1. The van der Waals surface area contributed by atoms with Gasteiger partial charge in [-0.25, -0.2) is 0 Å². The molecule has 0 saturated carbocycles. The van der Waals surface area contributed by atoms with E-state index in [2.05, 4.69) is 40.5 Å². The van der Waals surface area contributed by atoms with E-state index >= 15 is 0 Å². The van der Waals surface area contributed by atoms with Crippen molar-refractivity contribution < 1.29 is 14.6 Å². The molecule has 0 fully saturated rings. The molecule has 2 N–H and O–H groups in total. The number of amides is 1. The molecule has 0 radical (unpaired) electrons. The lowest BCUT2D eigenvalue weighted by atomic mass is 9.97. The minimum atomic E-state index is -0.0556. The first-order chi connectivity index (χ1) is 19.4. The van der Waals surface area contributed by atoms with Crippen molar-refractivity contribution in [2.24, 2.45) is 0 Å². The number of fused-ring (bicyclic) bond motifs is 4. The molecule has 0 bridgehead atoms. The fraction of sp³-hybridized carbons (Fsp3) is 0.242. The van der Waals surface area contributed by atoms with E-state index in [1.807, 2.05) is 68.7 Å². The number of likely N-dealkylation sites (N-methyl/N-ethyl adjacent to an activating group) is 1. The molecule has 206 valence electrons. The highest BCUT2D eigenvalue weighted by Gasteiger charge is 2.29. The van der Waals surface area contributed by atoms with E-state index in [0.29, 0.717) is 18.7 Å². The van der Waals surface area contributed by atoms with Crippen LogP contribution < -0.4 is 9.64 Å². The van der Waals surface area contributed by atoms with Gasteiger partial charge < -0.3 is 24.6 Å². The Morgan fingerprint density at radius 2 is 1.82 bits per heavy atom. The maximum Gasteiger partial charge on any atom is 0.258 e. The second kappa shape index (κ2) is 11.6. The van der Waals surface area contributed by atoms with Crippen molar-refractivity contribution in [2.75, 3.05) is 45.1 Å². The van der Waals surface area contributed by atoms with Crippen LogP contribution >= 0.6 is 11.6 Å². The smallest absolute Gasteiger partial charge is 0.258 e. The summed E-state index contributed by atoms with van der Waals surface area (Å²) in [6, 6.07) is 23.6. The zero-order valence-corrected chi connectivity index (χ0v) is 24.0. The number of aromatic amines is 1. The first-order valence-corrected chi connectivity index (χ1v) is 14.1. The molecular formula is C33H34ClN3O3. The van der Waals surface area contributed by atoms with E-state index in [1.165, 1.54) is 6.38 Å². The predicted octanol–water partition coefficient (Wildman–Crippen LogP) is 7.00. The van der Waals surface area contributed by atoms with Crippen molar-refractivity contribution in [2.45, 2.75) is 13.3 Å². The molecule has 0 atom stereocenters. The summed E-state index contributed by atoms with van der Waals surface area (Å²) in [5.41, 5.74) is 6.69. The van der Waals surface area contributed by atoms with Gasteiger partial charge >= 0.3 is 0 Å². The summed E-state index contributed by atoms with van der Waals surface area (Å²) in [6.07, 6.45) is 2.24. The molecule has 1 amide bonds. The quantitative estimate of drug-likeness (QED) is 0.221. The fourth-order valence-corrected chi connectivity index (χ4v) is 5.41. The first kappa shape index (κ1) is 27.6. The Morgan fingerprint density at radius 3 is 2.58 bits per heavy atom. The van der Waals surface area contributed by atoms with Crippen molar-refractivity contribution in [3.63, 3.8) is 0 Å². The number of aryl methyl sites for hydroxylation is 1. The van der Waals surface area contributed by atoms with Gasteiger partial charge in [0.15, 0.2) is 0 Å². The summed E-state index contributed by atoms with van der Waals surface area (Å²) in [5.74, 6) is 1.00. The Kier molecular flexibility index (Phi) is 8.01. The predicted molar refractivity (Wildman–Crippen MR) is 165 cm³/mol. The van der Waals surface area contributed by atoms with E-state index in [-0.39, 0.29) is 11.7 Å². The number of aromatic nitrogens is 1. The molecular weight excluding hydrogens is 522 g/mol. The second-order valence-corrected chi connectivity index (χ2v) is 10.3. The molecule has 2 heterocycles. The first-order valence-electron chi connectivity index (χ1n) is 13.3. The van der Waals surface area contributed by atoms with Crippen LogP contribution in [0, 0.1) is 6.92 Å². The molecule has 1 aliphatic heterocycles. The molecule has 40 heavy (non-hydrogen) atoms. The monoisotopic (exact) mass is 555 g/mol. The number of ether oxygens (including phenoxy) is 1. The van der Waals surface area contributed by atoms with Crippen molar-refractivity contribution in [3.8, 4) is 22.8 Å². The van der Waals surface area contributed by atoms with Gasteiger partial charge in [-0.15, -0.1) is 11.6 Å². The normalized spacial score (nSPS) is 12.5. The van der Waals surface area contributed by atoms with E-state index in [4.69, 9.17) is 4.74 Å². The third kappa shape index (κ3) is 5.25. The molecule has 6 nitrogen and oxygen atoms in total. The number of carbonyl (C=O) groups is 1. The van der Waals surface area contributed by atoms with Crippen molar-refractivity contribution in [1.82, 2.24) is 9.88 Å². The molecule has 0 saturated heterocycles. The topological polar surface area (TPSA) is 68.8 Å².